The van der Waals surface area contributed by atoms with Gasteiger partial charge >= 0.3 is 6.29 Å². The molecule has 0 bridgehead atoms. The van der Waals surface area contributed by atoms with Crippen molar-refractivity contribution in [2.75, 3.05) is 0 Å². The summed E-state index contributed by atoms with van der Waals surface area (Å²) in [7, 11) is 0. The van der Waals surface area contributed by atoms with Gasteiger partial charge in [-0.2, -0.15) is 0 Å². The van der Waals surface area contributed by atoms with Gasteiger partial charge in [-0.25, -0.2) is 0 Å². The molecule has 0 unspecified atom stereocenters. The Balaban J connectivity index is 2.17. The van der Waals surface area contributed by atoms with Gasteiger partial charge in [0, 0.05) is 5.56 Å². The van der Waals surface area contributed by atoms with E-state index in [-0.39, 0.29) is 11.5 Å². The highest BCUT2D eigenvalue weighted by molar-refractivity contribution is 5.76. The molecule has 0 spiro atoms. The summed E-state index contributed by atoms with van der Waals surface area (Å²) in [6, 6.07) is 12.4. The number of rotatable bonds is 1. The van der Waals surface area contributed by atoms with Crippen LogP contribution in [0.1, 0.15) is 5.56 Å². The normalized spacial score (nSPS) is 15.7. The Morgan fingerprint density at radius 2 is 1.61 bits per heavy atom. The molecule has 0 fully saturated rings. The molecule has 0 N–H and O–H groups in total. The minimum atomic E-state index is -3.58. The molecule has 3 rings (SSSR count). The number of hydrogen-bond donors (Lipinski definition) is 0. The highest BCUT2D eigenvalue weighted by Gasteiger charge is 2.44. The Bertz CT molecular complexity index is 608. The third-order valence-electron chi connectivity index (χ3n) is 2.86. The van der Waals surface area contributed by atoms with Crippen LogP contribution in [0.2, 0.25) is 0 Å². The van der Waals surface area contributed by atoms with Crippen LogP contribution in [0.5, 0.6) is 11.5 Å². The number of fused-ring (bicyclic) bond motifs is 1. The summed E-state index contributed by atoms with van der Waals surface area (Å²) in [6.45, 7) is 1.92. The zero-order valence-electron chi connectivity index (χ0n) is 9.61. The summed E-state index contributed by atoms with van der Waals surface area (Å²) >= 11 is 0. The second kappa shape index (κ2) is 3.70. The SMILES string of the molecule is Cc1ccccc1-c1cccc2c1OC(F)(F)O2. The molecule has 0 radical (unpaired) electrons. The first-order chi connectivity index (χ1) is 8.57. The van der Waals surface area contributed by atoms with Gasteiger partial charge in [0.15, 0.2) is 11.5 Å². The fourth-order valence-corrected chi connectivity index (χ4v) is 2.06. The van der Waals surface area contributed by atoms with Crippen molar-refractivity contribution in [3.63, 3.8) is 0 Å². The van der Waals surface area contributed by atoms with Crippen LogP contribution in [-0.4, -0.2) is 6.29 Å². The zero-order valence-corrected chi connectivity index (χ0v) is 9.61. The number of aryl methyl sites for hydroxylation is 1. The molecular formula is C14H10F2O2. The predicted molar refractivity (Wildman–Crippen MR) is 62.8 cm³/mol. The predicted octanol–water partition coefficient (Wildman–Crippen LogP) is 3.98. The van der Waals surface area contributed by atoms with Crippen molar-refractivity contribution in [1.82, 2.24) is 0 Å². The highest BCUT2D eigenvalue weighted by atomic mass is 19.3. The molecule has 0 saturated carbocycles. The quantitative estimate of drug-likeness (QED) is 0.759. The third kappa shape index (κ3) is 1.70. The Hall–Kier alpha value is -2.10. The van der Waals surface area contributed by atoms with Crippen LogP contribution in [-0.2, 0) is 0 Å². The molecule has 1 heterocycles. The van der Waals surface area contributed by atoms with E-state index >= 15 is 0 Å². The molecule has 2 aromatic carbocycles. The van der Waals surface area contributed by atoms with E-state index in [4.69, 9.17) is 0 Å². The van der Waals surface area contributed by atoms with E-state index < -0.39 is 6.29 Å². The summed E-state index contributed by atoms with van der Waals surface area (Å²) in [5.74, 6) is 0.164. The van der Waals surface area contributed by atoms with Gasteiger partial charge in [0.2, 0.25) is 0 Å². The van der Waals surface area contributed by atoms with Gasteiger partial charge in [0.1, 0.15) is 0 Å². The Labute approximate surface area is 103 Å². The molecule has 0 aliphatic carbocycles. The molecule has 0 aromatic heterocycles. The number of para-hydroxylation sites is 1. The third-order valence-corrected chi connectivity index (χ3v) is 2.86. The van der Waals surface area contributed by atoms with Crippen LogP contribution in [0.3, 0.4) is 0 Å². The molecule has 18 heavy (non-hydrogen) atoms. The lowest BCUT2D eigenvalue weighted by Crippen LogP contribution is -2.26. The van der Waals surface area contributed by atoms with Crippen molar-refractivity contribution < 1.29 is 18.3 Å². The highest BCUT2D eigenvalue weighted by Crippen LogP contribution is 2.47. The first-order valence-electron chi connectivity index (χ1n) is 5.52. The Kier molecular flexibility index (Phi) is 2.26. The summed E-state index contributed by atoms with van der Waals surface area (Å²) in [6.07, 6.45) is -3.58. The lowest BCUT2D eigenvalue weighted by Gasteiger charge is -2.09. The van der Waals surface area contributed by atoms with Crippen LogP contribution in [0.4, 0.5) is 8.78 Å². The standard InChI is InChI=1S/C14H10F2O2/c1-9-5-2-3-6-10(9)11-7-4-8-12-13(11)18-14(15,16)17-12/h2-8H,1H3. The number of ether oxygens (including phenoxy) is 2. The van der Waals surface area contributed by atoms with E-state index in [9.17, 15) is 8.78 Å². The average Bonchev–Trinajstić information content (AvgIpc) is 2.63. The van der Waals surface area contributed by atoms with Gasteiger partial charge in [-0.3, -0.25) is 0 Å². The van der Waals surface area contributed by atoms with E-state index in [0.29, 0.717) is 5.56 Å². The number of halogens is 2. The minimum Gasteiger partial charge on any atom is -0.395 e. The maximum absolute atomic E-state index is 13.1. The molecule has 0 saturated heterocycles. The topological polar surface area (TPSA) is 18.5 Å². The molecule has 0 atom stereocenters. The van der Waals surface area contributed by atoms with Gasteiger partial charge in [0.25, 0.3) is 0 Å². The maximum atomic E-state index is 13.1. The Morgan fingerprint density at radius 3 is 2.39 bits per heavy atom. The number of alkyl halides is 2. The molecular weight excluding hydrogens is 238 g/mol. The van der Waals surface area contributed by atoms with Gasteiger partial charge in [-0.15, -0.1) is 8.78 Å². The lowest BCUT2D eigenvalue weighted by atomic mass is 9.99. The van der Waals surface area contributed by atoms with E-state index in [0.717, 1.165) is 11.1 Å². The maximum Gasteiger partial charge on any atom is 0.586 e. The minimum absolute atomic E-state index is 0.0701. The molecule has 1 aliphatic rings. The fourth-order valence-electron chi connectivity index (χ4n) is 2.06. The van der Waals surface area contributed by atoms with Crippen LogP contribution in [0.25, 0.3) is 11.1 Å². The van der Waals surface area contributed by atoms with E-state index in [2.05, 4.69) is 9.47 Å². The van der Waals surface area contributed by atoms with Crippen molar-refractivity contribution >= 4 is 0 Å². The summed E-state index contributed by atoms with van der Waals surface area (Å²) in [5, 5.41) is 0. The van der Waals surface area contributed by atoms with Crippen LogP contribution in [0.15, 0.2) is 42.5 Å². The first kappa shape index (κ1) is 11.0. The van der Waals surface area contributed by atoms with Gasteiger partial charge in [-0.1, -0.05) is 36.4 Å². The monoisotopic (exact) mass is 248 g/mol. The van der Waals surface area contributed by atoms with Crippen molar-refractivity contribution in [2.45, 2.75) is 13.2 Å². The van der Waals surface area contributed by atoms with Crippen LogP contribution < -0.4 is 9.47 Å². The number of benzene rings is 2. The summed E-state index contributed by atoms with van der Waals surface area (Å²) in [5.41, 5.74) is 2.46. The van der Waals surface area contributed by atoms with Crippen LogP contribution in [0, 0.1) is 6.92 Å². The molecule has 1 aliphatic heterocycles. The number of hydrogen-bond acceptors (Lipinski definition) is 2. The summed E-state index contributed by atoms with van der Waals surface area (Å²) < 4.78 is 35.2. The molecule has 92 valence electrons. The van der Waals surface area contributed by atoms with Crippen molar-refractivity contribution in [3.05, 3.63) is 48.0 Å². The second-order valence-electron chi connectivity index (χ2n) is 4.12. The van der Waals surface area contributed by atoms with Crippen molar-refractivity contribution in [3.8, 4) is 22.6 Å². The zero-order chi connectivity index (χ0) is 12.8. The van der Waals surface area contributed by atoms with E-state index in [1.165, 1.54) is 6.07 Å². The molecule has 2 aromatic rings. The van der Waals surface area contributed by atoms with E-state index in [1.54, 1.807) is 12.1 Å². The second-order valence-corrected chi connectivity index (χ2v) is 4.12. The first-order valence-corrected chi connectivity index (χ1v) is 5.52. The van der Waals surface area contributed by atoms with Gasteiger partial charge in [0.05, 0.1) is 0 Å². The molecule has 2 nitrogen and oxygen atoms in total. The molecule has 4 heteroatoms. The van der Waals surface area contributed by atoms with Gasteiger partial charge < -0.3 is 9.47 Å². The van der Waals surface area contributed by atoms with Crippen molar-refractivity contribution in [1.29, 1.82) is 0 Å². The van der Waals surface area contributed by atoms with Crippen LogP contribution >= 0.6 is 0 Å². The van der Waals surface area contributed by atoms with Crippen molar-refractivity contribution in [2.24, 2.45) is 0 Å². The Morgan fingerprint density at radius 1 is 0.889 bits per heavy atom. The average molecular weight is 248 g/mol. The summed E-state index contributed by atoms with van der Waals surface area (Å²) in [4.78, 5) is 0. The van der Waals surface area contributed by atoms with Gasteiger partial charge in [-0.05, 0) is 24.1 Å². The fraction of sp³-hybridized carbons (Fsp3) is 0.143. The molecule has 0 amide bonds. The smallest absolute Gasteiger partial charge is 0.395 e. The largest absolute Gasteiger partial charge is 0.586 e. The lowest BCUT2D eigenvalue weighted by molar-refractivity contribution is -0.286. The van der Waals surface area contributed by atoms with E-state index in [1.807, 2.05) is 31.2 Å².